The summed E-state index contributed by atoms with van der Waals surface area (Å²) in [5, 5.41) is -0.752. The number of aromatic nitrogens is 1. The molecule has 0 bridgehead atoms. The van der Waals surface area contributed by atoms with E-state index in [-0.39, 0.29) is 42.1 Å². The Labute approximate surface area is 147 Å². The van der Waals surface area contributed by atoms with Crippen molar-refractivity contribution >= 4 is 63.8 Å². The number of halogens is 8. The minimum absolute atomic E-state index is 0.0705. The smallest absolute Gasteiger partial charge is 0.383 e. The van der Waals surface area contributed by atoms with Crippen molar-refractivity contribution in [1.29, 1.82) is 0 Å². The summed E-state index contributed by atoms with van der Waals surface area (Å²) < 4.78 is 38.5. The molecule has 0 saturated carbocycles. The number of rotatable bonds is 1. The van der Waals surface area contributed by atoms with Gasteiger partial charge in [0.2, 0.25) is 0 Å². The van der Waals surface area contributed by atoms with E-state index in [0.717, 1.165) is 6.07 Å². The molecule has 118 valence electrons. The van der Waals surface area contributed by atoms with E-state index in [0.29, 0.717) is 6.20 Å². The predicted molar refractivity (Wildman–Crippen MR) is 84.1 cm³/mol. The van der Waals surface area contributed by atoms with E-state index in [2.05, 4.69) is 4.98 Å². The largest absolute Gasteiger partial charge is 0.417 e. The molecule has 1 aromatic carbocycles. The van der Waals surface area contributed by atoms with Crippen LogP contribution < -0.4 is 5.73 Å². The van der Waals surface area contributed by atoms with E-state index < -0.39 is 11.7 Å². The summed E-state index contributed by atoms with van der Waals surface area (Å²) in [6.07, 6.45) is -4.02. The van der Waals surface area contributed by atoms with Crippen LogP contribution in [0.1, 0.15) is 5.56 Å². The monoisotopic (exact) mass is 408 g/mol. The third-order valence-corrected chi connectivity index (χ3v) is 5.00. The van der Waals surface area contributed by atoms with Crippen LogP contribution >= 0.6 is 58.0 Å². The van der Waals surface area contributed by atoms with Crippen LogP contribution in [0.3, 0.4) is 0 Å². The zero-order valence-corrected chi connectivity index (χ0v) is 14.0. The Hall–Kier alpha value is -0.590. The summed E-state index contributed by atoms with van der Waals surface area (Å²) in [7, 11) is 0. The second kappa shape index (κ2) is 6.13. The normalized spacial score (nSPS) is 11.8. The lowest BCUT2D eigenvalue weighted by molar-refractivity contribution is -0.137. The van der Waals surface area contributed by atoms with Gasteiger partial charge < -0.3 is 5.73 Å². The fourth-order valence-electron chi connectivity index (χ4n) is 1.67. The lowest BCUT2D eigenvalue weighted by atomic mass is 10.0. The summed E-state index contributed by atoms with van der Waals surface area (Å²) >= 11 is 29.7. The van der Waals surface area contributed by atoms with Crippen molar-refractivity contribution in [3.8, 4) is 11.1 Å². The van der Waals surface area contributed by atoms with E-state index in [1.807, 2.05) is 0 Å². The maximum absolute atomic E-state index is 12.8. The molecule has 0 aliphatic carbocycles. The van der Waals surface area contributed by atoms with Crippen molar-refractivity contribution in [2.24, 2.45) is 0 Å². The first kappa shape index (κ1) is 17.8. The molecule has 0 aliphatic rings. The second-order valence-corrected chi connectivity index (χ2v) is 5.99. The average Bonchev–Trinajstić information content (AvgIpc) is 2.44. The molecular weight excluding hydrogens is 406 g/mol. The molecule has 2 nitrogen and oxygen atoms in total. The standard InChI is InChI=1S/C12H4Cl5F3N2/c13-6-5(7(14)9(16)10(17)8(6)15)4-1-3(12(18,19)20)2-22-11(4)21/h1-2H,(H2,21,22). The molecule has 22 heavy (non-hydrogen) atoms. The van der Waals surface area contributed by atoms with Crippen molar-refractivity contribution in [1.82, 2.24) is 4.98 Å². The average molecular weight is 410 g/mol. The van der Waals surface area contributed by atoms with Gasteiger partial charge in [-0.2, -0.15) is 13.2 Å². The number of nitrogen functional groups attached to an aromatic ring is 1. The Morgan fingerprint density at radius 2 is 1.32 bits per heavy atom. The van der Waals surface area contributed by atoms with Gasteiger partial charge in [-0.05, 0) is 6.07 Å². The highest BCUT2D eigenvalue weighted by molar-refractivity contribution is 6.56. The molecule has 0 saturated heterocycles. The van der Waals surface area contributed by atoms with Crippen LogP contribution in [0, 0.1) is 0 Å². The van der Waals surface area contributed by atoms with Crippen LogP contribution in [-0.4, -0.2) is 4.98 Å². The highest BCUT2D eigenvalue weighted by Crippen LogP contribution is 2.49. The first-order valence-electron chi connectivity index (χ1n) is 5.40. The molecule has 1 heterocycles. The maximum Gasteiger partial charge on any atom is 0.417 e. The Morgan fingerprint density at radius 3 is 1.77 bits per heavy atom. The quantitative estimate of drug-likeness (QED) is 0.424. The molecule has 0 atom stereocenters. The lowest BCUT2D eigenvalue weighted by Gasteiger charge is -2.15. The molecule has 10 heteroatoms. The van der Waals surface area contributed by atoms with Crippen LogP contribution in [0.25, 0.3) is 11.1 Å². The minimum Gasteiger partial charge on any atom is -0.383 e. The molecule has 0 radical (unpaired) electrons. The molecule has 2 aromatic rings. The molecule has 0 spiro atoms. The SMILES string of the molecule is Nc1ncc(C(F)(F)F)cc1-c1c(Cl)c(Cl)c(Cl)c(Cl)c1Cl. The minimum atomic E-state index is -4.62. The maximum atomic E-state index is 12.8. The van der Waals surface area contributed by atoms with E-state index >= 15 is 0 Å². The van der Waals surface area contributed by atoms with Gasteiger partial charge in [-0.1, -0.05) is 58.0 Å². The van der Waals surface area contributed by atoms with Crippen LogP contribution in [0.2, 0.25) is 25.1 Å². The summed E-state index contributed by atoms with van der Waals surface area (Å²) in [6, 6.07) is 0.760. The Balaban J connectivity index is 2.83. The van der Waals surface area contributed by atoms with Crippen LogP contribution in [0.5, 0.6) is 0 Å². The Bertz CT molecular complexity index is 732. The highest BCUT2D eigenvalue weighted by Gasteiger charge is 2.32. The van der Waals surface area contributed by atoms with Crippen LogP contribution in [0.15, 0.2) is 12.3 Å². The topological polar surface area (TPSA) is 38.9 Å². The number of alkyl halides is 3. The van der Waals surface area contributed by atoms with E-state index in [1.54, 1.807) is 0 Å². The zero-order chi connectivity index (χ0) is 16.8. The van der Waals surface area contributed by atoms with Gasteiger partial charge in [0.15, 0.2) is 0 Å². The van der Waals surface area contributed by atoms with Gasteiger partial charge in [0, 0.05) is 17.3 Å². The molecule has 0 unspecified atom stereocenters. The Morgan fingerprint density at radius 1 is 0.864 bits per heavy atom. The summed E-state index contributed by atoms with van der Waals surface area (Å²) in [5.74, 6) is -0.216. The van der Waals surface area contributed by atoms with Gasteiger partial charge in [-0.25, -0.2) is 4.98 Å². The predicted octanol–water partition coefficient (Wildman–Crippen LogP) is 6.62. The van der Waals surface area contributed by atoms with Gasteiger partial charge >= 0.3 is 6.18 Å². The van der Waals surface area contributed by atoms with E-state index in [1.165, 1.54) is 0 Å². The number of nitrogens with two attached hydrogens (primary N) is 1. The van der Waals surface area contributed by atoms with Crippen molar-refractivity contribution < 1.29 is 13.2 Å². The molecule has 0 amide bonds. The zero-order valence-electron chi connectivity index (χ0n) is 10.2. The van der Waals surface area contributed by atoms with Crippen molar-refractivity contribution in [2.75, 3.05) is 5.73 Å². The molecule has 1 aromatic heterocycles. The number of hydrogen-bond acceptors (Lipinski definition) is 2. The van der Waals surface area contributed by atoms with Gasteiger partial charge in [0.1, 0.15) is 5.82 Å². The van der Waals surface area contributed by atoms with Crippen molar-refractivity contribution in [2.45, 2.75) is 6.18 Å². The van der Waals surface area contributed by atoms with E-state index in [4.69, 9.17) is 63.7 Å². The molecular formula is C12H4Cl5F3N2. The van der Waals surface area contributed by atoms with Gasteiger partial charge in [-0.3, -0.25) is 0 Å². The summed E-state index contributed by atoms with van der Waals surface area (Å²) in [5.41, 5.74) is 4.39. The lowest BCUT2D eigenvalue weighted by Crippen LogP contribution is -2.07. The number of anilines is 1. The molecule has 2 N–H and O–H groups in total. The number of benzene rings is 1. The van der Waals surface area contributed by atoms with Crippen molar-refractivity contribution in [3.63, 3.8) is 0 Å². The fourth-order valence-corrected chi connectivity index (χ4v) is 3.01. The highest BCUT2D eigenvalue weighted by atomic mass is 35.5. The summed E-state index contributed by atoms with van der Waals surface area (Å²) in [4.78, 5) is 3.51. The van der Waals surface area contributed by atoms with Gasteiger partial charge in [0.25, 0.3) is 0 Å². The van der Waals surface area contributed by atoms with Gasteiger partial charge in [0.05, 0.1) is 30.7 Å². The summed E-state index contributed by atoms with van der Waals surface area (Å²) in [6.45, 7) is 0. The number of pyridine rings is 1. The molecule has 0 aliphatic heterocycles. The van der Waals surface area contributed by atoms with Gasteiger partial charge in [-0.15, -0.1) is 0 Å². The first-order chi connectivity index (χ1) is 10.1. The fraction of sp³-hybridized carbons (Fsp3) is 0.0833. The number of hydrogen-bond donors (Lipinski definition) is 1. The van der Waals surface area contributed by atoms with Crippen molar-refractivity contribution in [3.05, 3.63) is 42.9 Å². The van der Waals surface area contributed by atoms with Crippen LogP contribution in [0.4, 0.5) is 19.0 Å². The Kier molecular flexibility index (Phi) is 4.95. The number of nitrogens with zero attached hydrogens (tertiary/aromatic N) is 1. The first-order valence-corrected chi connectivity index (χ1v) is 7.29. The van der Waals surface area contributed by atoms with E-state index in [9.17, 15) is 13.2 Å². The third-order valence-electron chi connectivity index (χ3n) is 2.72. The molecule has 0 fully saturated rings. The second-order valence-electron chi connectivity index (χ2n) is 4.10. The third kappa shape index (κ3) is 3.05. The molecule has 2 rings (SSSR count). The van der Waals surface area contributed by atoms with Crippen LogP contribution in [-0.2, 0) is 6.18 Å².